The molecule has 20 heavy (non-hydrogen) atoms. The molecular weight excluding hydrogens is 252 g/mol. The van der Waals surface area contributed by atoms with Crippen LogP contribution in [0, 0.1) is 0 Å². The zero-order chi connectivity index (χ0) is 13.9. The molecule has 2 aromatic heterocycles. The van der Waals surface area contributed by atoms with Gasteiger partial charge in [0, 0.05) is 24.5 Å². The molecule has 5 nitrogen and oxygen atoms in total. The molecule has 0 amide bonds. The van der Waals surface area contributed by atoms with Gasteiger partial charge in [0.1, 0.15) is 6.10 Å². The van der Waals surface area contributed by atoms with Crippen molar-refractivity contribution in [2.45, 2.75) is 19.6 Å². The highest BCUT2D eigenvalue weighted by Crippen LogP contribution is 2.20. The van der Waals surface area contributed by atoms with Gasteiger partial charge >= 0.3 is 0 Å². The van der Waals surface area contributed by atoms with Gasteiger partial charge in [0.25, 0.3) is 0 Å². The second-order valence-corrected chi connectivity index (χ2v) is 4.55. The van der Waals surface area contributed by atoms with Gasteiger partial charge in [0.05, 0.1) is 17.6 Å². The van der Waals surface area contributed by atoms with Gasteiger partial charge in [-0.25, -0.2) is 4.68 Å². The van der Waals surface area contributed by atoms with E-state index in [9.17, 15) is 5.11 Å². The SMILES string of the molecule is CCn1cc(C(O)c2ccn(-c3ccccc3)n2)cn1. The topological polar surface area (TPSA) is 55.9 Å². The first kappa shape index (κ1) is 12.6. The lowest BCUT2D eigenvalue weighted by atomic mass is 10.1. The Morgan fingerprint density at radius 3 is 2.70 bits per heavy atom. The molecule has 1 aromatic carbocycles. The van der Waals surface area contributed by atoms with Gasteiger partial charge in [0.15, 0.2) is 0 Å². The fourth-order valence-electron chi connectivity index (χ4n) is 2.07. The lowest BCUT2D eigenvalue weighted by molar-refractivity contribution is 0.214. The molecule has 0 saturated carbocycles. The summed E-state index contributed by atoms with van der Waals surface area (Å²) in [6, 6.07) is 11.6. The number of para-hydroxylation sites is 1. The molecule has 0 radical (unpaired) electrons. The number of nitrogens with zero attached hydrogens (tertiary/aromatic N) is 4. The largest absolute Gasteiger partial charge is 0.382 e. The summed E-state index contributed by atoms with van der Waals surface area (Å²) in [5, 5.41) is 18.9. The number of aryl methyl sites for hydroxylation is 1. The molecular formula is C15H16N4O. The summed E-state index contributed by atoms with van der Waals surface area (Å²) in [7, 11) is 0. The summed E-state index contributed by atoms with van der Waals surface area (Å²) in [5.41, 5.74) is 2.34. The van der Waals surface area contributed by atoms with Crippen molar-refractivity contribution in [2.75, 3.05) is 0 Å². The molecule has 102 valence electrons. The van der Waals surface area contributed by atoms with Crippen LogP contribution in [0.4, 0.5) is 0 Å². The van der Waals surface area contributed by atoms with Crippen LogP contribution >= 0.6 is 0 Å². The standard InChI is InChI=1S/C15H16N4O/c1-2-18-11-12(10-16-18)15(20)14-8-9-19(17-14)13-6-4-3-5-7-13/h3-11,15,20H,2H2,1H3. The van der Waals surface area contributed by atoms with Gasteiger partial charge in [0.2, 0.25) is 0 Å². The molecule has 2 heterocycles. The minimum absolute atomic E-state index is 0.615. The second-order valence-electron chi connectivity index (χ2n) is 4.55. The zero-order valence-electron chi connectivity index (χ0n) is 11.2. The summed E-state index contributed by atoms with van der Waals surface area (Å²) in [6.07, 6.45) is 4.61. The molecule has 0 aliphatic rings. The first-order valence-electron chi connectivity index (χ1n) is 6.59. The van der Waals surface area contributed by atoms with E-state index in [2.05, 4.69) is 10.2 Å². The van der Waals surface area contributed by atoms with E-state index in [0.717, 1.165) is 17.8 Å². The fourth-order valence-corrected chi connectivity index (χ4v) is 2.07. The van der Waals surface area contributed by atoms with Crippen LogP contribution in [0.15, 0.2) is 55.0 Å². The monoisotopic (exact) mass is 268 g/mol. The highest BCUT2D eigenvalue weighted by molar-refractivity contribution is 5.31. The van der Waals surface area contributed by atoms with Gasteiger partial charge in [-0.3, -0.25) is 4.68 Å². The number of aliphatic hydroxyl groups excluding tert-OH is 1. The molecule has 0 spiro atoms. The Balaban J connectivity index is 1.86. The summed E-state index contributed by atoms with van der Waals surface area (Å²) < 4.78 is 3.54. The lowest BCUT2D eigenvalue weighted by Gasteiger charge is -2.05. The molecule has 5 heteroatoms. The third kappa shape index (κ3) is 2.35. The van der Waals surface area contributed by atoms with Crippen molar-refractivity contribution in [2.24, 2.45) is 0 Å². The Morgan fingerprint density at radius 1 is 1.20 bits per heavy atom. The molecule has 1 N–H and O–H groups in total. The van der Waals surface area contributed by atoms with E-state index in [1.807, 2.05) is 55.7 Å². The first-order chi connectivity index (χ1) is 9.78. The second kappa shape index (κ2) is 5.30. The van der Waals surface area contributed by atoms with Gasteiger partial charge in [-0.05, 0) is 25.1 Å². The van der Waals surface area contributed by atoms with Crippen molar-refractivity contribution in [1.29, 1.82) is 0 Å². The average Bonchev–Trinajstić information content (AvgIpc) is 3.17. The number of benzene rings is 1. The van der Waals surface area contributed by atoms with Crippen LogP contribution in [0.2, 0.25) is 0 Å². The fraction of sp³-hybridized carbons (Fsp3) is 0.200. The number of rotatable bonds is 4. The van der Waals surface area contributed by atoms with E-state index in [1.165, 1.54) is 0 Å². The van der Waals surface area contributed by atoms with E-state index in [-0.39, 0.29) is 0 Å². The molecule has 1 atom stereocenters. The van der Waals surface area contributed by atoms with Crippen LogP contribution in [0.1, 0.15) is 24.3 Å². The van der Waals surface area contributed by atoms with Gasteiger partial charge in [-0.1, -0.05) is 18.2 Å². The van der Waals surface area contributed by atoms with E-state index < -0.39 is 6.10 Å². The Kier molecular flexibility index (Phi) is 3.35. The average molecular weight is 268 g/mol. The minimum atomic E-state index is -0.750. The smallest absolute Gasteiger partial charge is 0.126 e. The molecule has 0 aliphatic carbocycles. The van der Waals surface area contributed by atoms with Crippen molar-refractivity contribution in [3.05, 3.63) is 66.2 Å². The molecule has 0 bridgehead atoms. The molecule has 0 aliphatic heterocycles. The van der Waals surface area contributed by atoms with E-state index in [0.29, 0.717) is 5.69 Å². The van der Waals surface area contributed by atoms with Crippen molar-refractivity contribution in [1.82, 2.24) is 19.6 Å². The molecule has 3 rings (SSSR count). The summed E-state index contributed by atoms with van der Waals surface area (Å²) in [5.74, 6) is 0. The van der Waals surface area contributed by atoms with Crippen molar-refractivity contribution in [3.63, 3.8) is 0 Å². The van der Waals surface area contributed by atoms with Crippen LogP contribution in [0.25, 0.3) is 5.69 Å². The van der Waals surface area contributed by atoms with Crippen molar-refractivity contribution in [3.8, 4) is 5.69 Å². The maximum Gasteiger partial charge on any atom is 0.126 e. The molecule has 3 aromatic rings. The Labute approximate surface area is 117 Å². The van der Waals surface area contributed by atoms with Gasteiger partial charge in [-0.15, -0.1) is 0 Å². The highest BCUT2D eigenvalue weighted by atomic mass is 16.3. The number of hydrogen-bond acceptors (Lipinski definition) is 3. The molecule has 0 fully saturated rings. The highest BCUT2D eigenvalue weighted by Gasteiger charge is 2.15. The minimum Gasteiger partial charge on any atom is -0.382 e. The predicted octanol–water partition coefficient (Wildman–Crippen LogP) is 2.17. The third-order valence-electron chi connectivity index (χ3n) is 3.20. The Bertz CT molecular complexity index is 687. The predicted molar refractivity (Wildman–Crippen MR) is 75.5 cm³/mol. The van der Waals surface area contributed by atoms with Crippen LogP contribution in [-0.2, 0) is 6.54 Å². The number of hydrogen-bond donors (Lipinski definition) is 1. The third-order valence-corrected chi connectivity index (χ3v) is 3.20. The number of aliphatic hydroxyl groups is 1. The van der Waals surface area contributed by atoms with E-state index >= 15 is 0 Å². The van der Waals surface area contributed by atoms with Crippen LogP contribution in [-0.4, -0.2) is 24.7 Å². The Morgan fingerprint density at radius 2 is 2.00 bits per heavy atom. The number of aromatic nitrogens is 4. The summed E-state index contributed by atoms with van der Waals surface area (Å²) in [4.78, 5) is 0. The van der Waals surface area contributed by atoms with E-state index in [1.54, 1.807) is 15.6 Å². The summed E-state index contributed by atoms with van der Waals surface area (Å²) >= 11 is 0. The van der Waals surface area contributed by atoms with Gasteiger partial charge < -0.3 is 5.11 Å². The van der Waals surface area contributed by atoms with Crippen LogP contribution < -0.4 is 0 Å². The van der Waals surface area contributed by atoms with Gasteiger partial charge in [-0.2, -0.15) is 10.2 Å². The maximum atomic E-state index is 10.3. The lowest BCUT2D eigenvalue weighted by Crippen LogP contribution is -2.02. The van der Waals surface area contributed by atoms with Crippen LogP contribution in [0.5, 0.6) is 0 Å². The van der Waals surface area contributed by atoms with Crippen molar-refractivity contribution < 1.29 is 5.11 Å². The zero-order valence-corrected chi connectivity index (χ0v) is 11.2. The summed E-state index contributed by atoms with van der Waals surface area (Å²) in [6.45, 7) is 2.79. The Hall–Kier alpha value is -2.40. The molecule has 0 saturated heterocycles. The van der Waals surface area contributed by atoms with Crippen LogP contribution in [0.3, 0.4) is 0 Å². The first-order valence-corrected chi connectivity index (χ1v) is 6.59. The maximum absolute atomic E-state index is 10.3. The van der Waals surface area contributed by atoms with E-state index in [4.69, 9.17) is 0 Å². The quantitative estimate of drug-likeness (QED) is 0.789. The normalized spacial score (nSPS) is 12.5. The molecule has 1 unspecified atom stereocenters. The van der Waals surface area contributed by atoms with Crippen molar-refractivity contribution >= 4 is 0 Å².